The molecule has 2 unspecified atom stereocenters. The van der Waals surface area contributed by atoms with Crippen LogP contribution in [0.3, 0.4) is 0 Å². The SMILES string of the molecule is CCSCCC1(C(=O)O)CCC(C)C1. The molecule has 0 saturated heterocycles. The minimum Gasteiger partial charge on any atom is -0.481 e. The van der Waals surface area contributed by atoms with Crippen LogP contribution in [-0.4, -0.2) is 22.6 Å². The van der Waals surface area contributed by atoms with Gasteiger partial charge in [-0.15, -0.1) is 0 Å². The summed E-state index contributed by atoms with van der Waals surface area (Å²) >= 11 is 1.85. The van der Waals surface area contributed by atoms with Gasteiger partial charge in [-0.2, -0.15) is 11.8 Å². The highest BCUT2D eigenvalue weighted by atomic mass is 32.2. The van der Waals surface area contributed by atoms with E-state index in [9.17, 15) is 9.90 Å². The molecular weight excluding hydrogens is 196 g/mol. The van der Waals surface area contributed by atoms with E-state index in [2.05, 4.69) is 13.8 Å². The van der Waals surface area contributed by atoms with Crippen LogP contribution in [0.2, 0.25) is 0 Å². The van der Waals surface area contributed by atoms with Gasteiger partial charge in [0.2, 0.25) is 0 Å². The van der Waals surface area contributed by atoms with Gasteiger partial charge in [0.05, 0.1) is 5.41 Å². The molecule has 1 saturated carbocycles. The highest BCUT2D eigenvalue weighted by molar-refractivity contribution is 7.99. The van der Waals surface area contributed by atoms with E-state index >= 15 is 0 Å². The van der Waals surface area contributed by atoms with Gasteiger partial charge in [0.1, 0.15) is 0 Å². The molecule has 1 N–H and O–H groups in total. The molecule has 0 aromatic rings. The lowest BCUT2D eigenvalue weighted by Gasteiger charge is -2.23. The first-order chi connectivity index (χ1) is 6.60. The summed E-state index contributed by atoms with van der Waals surface area (Å²) in [7, 11) is 0. The van der Waals surface area contributed by atoms with Crippen molar-refractivity contribution in [3.8, 4) is 0 Å². The van der Waals surface area contributed by atoms with Crippen LogP contribution in [0.15, 0.2) is 0 Å². The maximum Gasteiger partial charge on any atom is 0.309 e. The third kappa shape index (κ3) is 2.66. The second-order valence-corrected chi connectivity index (χ2v) is 5.77. The van der Waals surface area contributed by atoms with Crippen molar-refractivity contribution in [2.24, 2.45) is 11.3 Å². The van der Waals surface area contributed by atoms with Crippen molar-refractivity contribution in [1.82, 2.24) is 0 Å². The Morgan fingerprint density at radius 2 is 2.36 bits per heavy atom. The predicted octanol–water partition coefficient (Wildman–Crippen LogP) is 3.02. The van der Waals surface area contributed by atoms with E-state index in [-0.39, 0.29) is 5.41 Å². The first kappa shape index (κ1) is 11.9. The van der Waals surface area contributed by atoms with Crippen molar-refractivity contribution in [2.45, 2.75) is 39.5 Å². The number of carbonyl (C=O) groups is 1. The van der Waals surface area contributed by atoms with E-state index in [1.54, 1.807) is 0 Å². The lowest BCUT2D eigenvalue weighted by atomic mass is 9.83. The Kier molecular flexibility index (Phi) is 4.30. The number of hydrogen-bond donors (Lipinski definition) is 1. The molecule has 0 aromatic heterocycles. The molecule has 1 fully saturated rings. The van der Waals surface area contributed by atoms with Crippen LogP contribution in [-0.2, 0) is 4.79 Å². The molecule has 3 heteroatoms. The topological polar surface area (TPSA) is 37.3 Å². The highest BCUT2D eigenvalue weighted by Gasteiger charge is 2.43. The molecule has 0 heterocycles. The Bertz CT molecular complexity index is 205. The van der Waals surface area contributed by atoms with E-state index in [0.29, 0.717) is 5.92 Å². The Hall–Kier alpha value is -0.180. The van der Waals surface area contributed by atoms with Crippen LogP contribution in [0, 0.1) is 11.3 Å². The fourth-order valence-corrected chi connectivity index (χ4v) is 3.16. The van der Waals surface area contributed by atoms with Gasteiger partial charge in [-0.1, -0.05) is 13.8 Å². The highest BCUT2D eigenvalue weighted by Crippen LogP contribution is 2.45. The summed E-state index contributed by atoms with van der Waals surface area (Å²) < 4.78 is 0. The molecule has 2 atom stereocenters. The van der Waals surface area contributed by atoms with E-state index in [1.807, 2.05) is 11.8 Å². The number of hydrogen-bond acceptors (Lipinski definition) is 2. The smallest absolute Gasteiger partial charge is 0.309 e. The zero-order chi connectivity index (χ0) is 10.6. The van der Waals surface area contributed by atoms with Crippen LogP contribution in [0.25, 0.3) is 0 Å². The van der Waals surface area contributed by atoms with Gasteiger partial charge in [-0.25, -0.2) is 0 Å². The third-order valence-corrected chi connectivity index (χ3v) is 4.14. The molecule has 2 nitrogen and oxygen atoms in total. The molecule has 1 rings (SSSR count). The quantitative estimate of drug-likeness (QED) is 0.718. The summed E-state index contributed by atoms with van der Waals surface area (Å²) in [5.74, 6) is 2.11. The molecule has 0 spiro atoms. The van der Waals surface area contributed by atoms with E-state index in [4.69, 9.17) is 0 Å². The zero-order valence-corrected chi connectivity index (χ0v) is 9.90. The molecule has 0 aliphatic heterocycles. The fraction of sp³-hybridized carbons (Fsp3) is 0.909. The standard InChI is InChI=1S/C11H20O2S/c1-3-14-7-6-11(10(12)13)5-4-9(2)8-11/h9H,3-8H2,1-2H3,(H,12,13). The second kappa shape index (κ2) is 5.06. The Morgan fingerprint density at radius 3 is 2.79 bits per heavy atom. The van der Waals surface area contributed by atoms with Gasteiger partial charge >= 0.3 is 5.97 Å². The first-order valence-corrected chi connectivity index (χ1v) is 6.57. The zero-order valence-electron chi connectivity index (χ0n) is 9.08. The summed E-state index contributed by atoms with van der Waals surface area (Å²) in [6.07, 6.45) is 3.70. The average molecular weight is 216 g/mol. The molecule has 82 valence electrons. The first-order valence-electron chi connectivity index (χ1n) is 5.42. The molecule has 1 aliphatic rings. The normalized spacial score (nSPS) is 32.0. The van der Waals surface area contributed by atoms with Gasteiger partial charge in [0.15, 0.2) is 0 Å². The molecule has 14 heavy (non-hydrogen) atoms. The number of rotatable bonds is 5. The number of carboxylic acid groups (broad SMARTS) is 1. The minimum absolute atomic E-state index is 0.387. The fourth-order valence-electron chi connectivity index (χ4n) is 2.33. The van der Waals surface area contributed by atoms with E-state index < -0.39 is 5.97 Å². The maximum absolute atomic E-state index is 11.3. The van der Waals surface area contributed by atoms with Gasteiger partial charge in [0.25, 0.3) is 0 Å². The average Bonchev–Trinajstić information content (AvgIpc) is 2.49. The summed E-state index contributed by atoms with van der Waals surface area (Å²) in [4.78, 5) is 11.3. The van der Waals surface area contributed by atoms with Crippen LogP contribution in [0.1, 0.15) is 39.5 Å². The lowest BCUT2D eigenvalue weighted by Crippen LogP contribution is -2.28. The van der Waals surface area contributed by atoms with Crippen molar-refractivity contribution < 1.29 is 9.90 Å². The Labute approximate surface area is 90.5 Å². The van der Waals surface area contributed by atoms with Crippen molar-refractivity contribution >= 4 is 17.7 Å². The van der Waals surface area contributed by atoms with Crippen LogP contribution < -0.4 is 0 Å². The summed E-state index contributed by atoms with van der Waals surface area (Å²) in [5, 5.41) is 9.27. The van der Waals surface area contributed by atoms with E-state index in [1.165, 1.54) is 0 Å². The van der Waals surface area contributed by atoms with Crippen LogP contribution >= 0.6 is 11.8 Å². The van der Waals surface area contributed by atoms with Gasteiger partial charge < -0.3 is 5.11 Å². The summed E-state index contributed by atoms with van der Waals surface area (Å²) in [6.45, 7) is 4.28. The molecule has 0 amide bonds. The molecule has 1 aliphatic carbocycles. The molecule has 0 aromatic carbocycles. The van der Waals surface area contributed by atoms with Crippen molar-refractivity contribution in [2.75, 3.05) is 11.5 Å². The molecular formula is C11H20O2S. The predicted molar refractivity (Wildman–Crippen MR) is 60.7 cm³/mol. The van der Waals surface area contributed by atoms with Crippen LogP contribution in [0.5, 0.6) is 0 Å². The van der Waals surface area contributed by atoms with Crippen molar-refractivity contribution in [3.05, 3.63) is 0 Å². The minimum atomic E-state index is -0.571. The molecule has 0 bridgehead atoms. The number of carboxylic acids is 1. The lowest BCUT2D eigenvalue weighted by molar-refractivity contribution is -0.148. The second-order valence-electron chi connectivity index (χ2n) is 4.38. The monoisotopic (exact) mass is 216 g/mol. The maximum atomic E-state index is 11.3. The molecule has 0 radical (unpaired) electrons. The van der Waals surface area contributed by atoms with Crippen LogP contribution in [0.4, 0.5) is 0 Å². The summed E-state index contributed by atoms with van der Waals surface area (Å²) in [6, 6.07) is 0. The Balaban J connectivity index is 2.50. The Morgan fingerprint density at radius 1 is 1.64 bits per heavy atom. The van der Waals surface area contributed by atoms with Crippen molar-refractivity contribution in [3.63, 3.8) is 0 Å². The van der Waals surface area contributed by atoms with Crippen molar-refractivity contribution in [1.29, 1.82) is 0 Å². The van der Waals surface area contributed by atoms with Gasteiger partial charge in [-0.3, -0.25) is 4.79 Å². The van der Waals surface area contributed by atoms with E-state index in [0.717, 1.165) is 37.2 Å². The summed E-state index contributed by atoms with van der Waals surface area (Å²) in [5.41, 5.74) is -0.387. The largest absolute Gasteiger partial charge is 0.481 e. The third-order valence-electron chi connectivity index (χ3n) is 3.24. The van der Waals surface area contributed by atoms with Gasteiger partial charge in [-0.05, 0) is 43.1 Å². The van der Waals surface area contributed by atoms with Gasteiger partial charge in [0, 0.05) is 0 Å². The number of aliphatic carboxylic acids is 1. The number of thioether (sulfide) groups is 1.